The third-order valence-corrected chi connectivity index (χ3v) is 2.63. The number of carbonyl (C=O) groups is 1. The number of hydrogen-bond donors (Lipinski definition) is 1. The van der Waals surface area contributed by atoms with Crippen LogP contribution in [0.25, 0.3) is 0 Å². The molecular weight excluding hydrogens is 216 g/mol. The van der Waals surface area contributed by atoms with E-state index in [-0.39, 0.29) is 0 Å². The van der Waals surface area contributed by atoms with Crippen LogP contribution in [0.2, 0.25) is 0 Å². The summed E-state index contributed by atoms with van der Waals surface area (Å²) in [5.74, 6) is -1.45. The molecule has 0 heterocycles. The second-order valence-electron chi connectivity index (χ2n) is 3.47. The van der Waals surface area contributed by atoms with Crippen molar-refractivity contribution in [1.29, 1.82) is 0 Å². The normalized spacial score (nSPS) is 11.4. The molecular formula is C10H12O4S. The molecule has 0 aromatic heterocycles. The van der Waals surface area contributed by atoms with E-state index in [2.05, 4.69) is 0 Å². The summed E-state index contributed by atoms with van der Waals surface area (Å²) < 4.78 is 29.7. The lowest BCUT2D eigenvalue weighted by Gasteiger charge is -2.04. The molecule has 0 amide bonds. The van der Waals surface area contributed by atoms with E-state index >= 15 is 0 Å². The molecule has 0 saturated heterocycles. The monoisotopic (exact) mass is 228 g/mol. The Morgan fingerprint density at radius 2 is 1.93 bits per heavy atom. The van der Waals surface area contributed by atoms with Crippen LogP contribution in [0.5, 0.6) is 0 Å². The number of rotatable bonds is 3. The largest absolute Gasteiger partial charge is 0.293 e. The summed E-state index contributed by atoms with van der Waals surface area (Å²) in [6, 6.07) is 5.19. The first kappa shape index (κ1) is 11.9. The van der Waals surface area contributed by atoms with Crippen LogP contribution in [0.4, 0.5) is 0 Å². The third kappa shape index (κ3) is 3.45. The molecule has 0 unspecified atom stereocenters. The molecule has 15 heavy (non-hydrogen) atoms. The molecule has 0 saturated carbocycles. The molecule has 1 N–H and O–H groups in total. The molecule has 0 fully saturated rings. The van der Waals surface area contributed by atoms with Crippen LogP contribution in [0, 0.1) is 13.8 Å². The van der Waals surface area contributed by atoms with Gasteiger partial charge >= 0.3 is 0 Å². The van der Waals surface area contributed by atoms with E-state index in [0.717, 1.165) is 5.56 Å². The lowest BCUT2D eigenvalue weighted by molar-refractivity contribution is 0.101. The first-order valence-electron chi connectivity index (χ1n) is 4.35. The molecule has 82 valence electrons. The van der Waals surface area contributed by atoms with Gasteiger partial charge in [0.25, 0.3) is 10.1 Å². The van der Waals surface area contributed by atoms with E-state index in [1.54, 1.807) is 19.1 Å². The van der Waals surface area contributed by atoms with Crippen LogP contribution in [0.3, 0.4) is 0 Å². The maximum Gasteiger partial charge on any atom is 0.272 e. The lowest BCUT2D eigenvalue weighted by Crippen LogP contribution is -2.16. The Kier molecular flexibility index (Phi) is 3.26. The predicted octanol–water partition coefficient (Wildman–Crippen LogP) is 1.37. The first-order valence-corrected chi connectivity index (χ1v) is 5.96. The van der Waals surface area contributed by atoms with Crippen molar-refractivity contribution in [2.75, 3.05) is 5.75 Å². The Morgan fingerprint density at radius 1 is 1.33 bits per heavy atom. The minimum Gasteiger partial charge on any atom is -0.293 e. The maximum absolute atomic E-state index is 11.5. The second kappa shape index (κ2) is 4.12. The Hall–Kier alpha value is -1.20. The summed E-state index contributed by atoms with van der Waals surface area (Å²) in [4.78, 5) is 11.5. The standard InChI is InChI=1S/C10H12O4S/c1-7-3-4-8(2)9(5-7)10(11)6-15(12,13)14/h3-5H,6H2,1-2H3,(H,12,13,14). The van der Waals surface area contributed by atoms with E-state index in [4.69, 9.17) is 4.55 Å². The van der Waals surface area contributed by atoms with Crippen molar-refractivity contribution in [2.24, 2.45) is 0 Å². The average molecular weight is 228 g/mol. The highest BCUT2D eigenvalue weighted by Gasteiger charge is 2.16. The van der Waals surface area contributed by atoms with Gasteiger partial charge in [-0.05, 0) is 25.5 Å². The molecule has 0 atom stereocenters. The van der Waals surface area contributed by atoms with Gasteiger partial charge in [-0.15, -0.1) is 0 Å². The zero-order valence-corrected chi connectivity index (χ0v) is 9.34. The first-order chi connectivity index (χ1) is 6.79. The van der Waals surface area contributed by atoms with Gasteiger partial charge in [0.15, 0.2) is 5.78 Å². The van der Waals surface area contributed by atoms with Gasteiger partial charge in [0.05, 0.1) is 0 Å². The fraction of sp³-hybridized carbons (Fsp3) is 0.300. The Balaban J connectivity index is 3.06. The zero-order chi connectivity index (χ0) is 11.6. The summed E-state index contributed by atoms with van der Waals surface area (Å²) in [6.45, 7) is 3.53. The van der Waals surface area contributed by atoms with Crippen molar-refractivity contribution in [3.63, 3.8) is 0 Å². The van der Waals surface area contributed by atoms with Crippen LogP contribution in [0.1, 0.15) is 21.5 Å². The molecule has 0 aliphatic carbocycles. The van der Waals surface area contributed by atoms with Crippen LogP contribution in [-0.2, 0) is 10.1 Å². The number of aryl methyl sites for hydroxylation is 2. The number of ketones is 1. The lowest BCUT2D eigenvalue weighted by atomic mass is 10.0. The second-order valence-corrected chi connectivity index (χ2v) is 4.92. The molecule has 4 nitrogen and oxygen atoms in total. The van der Waals surface area contributed by atoms with E-state index in [1.165, 1.54) is 0 Å². The topological polar surface area (TPSA) is 71.4 Å². The highest BCUT2D eigenvalue weighted by atomic mass is 32.2. The summed E-state index contributed by atoms with van der Waals surface area (Å²) in [7, 11) is -4.25. The van der Waals surface area contributed by atoms with E-state index in [0.29, 0.717) is 11.1 Å². The van der Waals surface area contributed by atoms with Crippen molar-refractivity contribution in [3.05, 3.63) is 34.9 Å². The number of benzene rings is 1. The summed E-state index contributed by atoms with van der Waals surface area (Å²) >= 11 is 0. The van der Waals surface area contributed by atoms with Gasteiger partial charge in [0.2, 0.25) is 0 Å². The third-order valence-electron chi connectivity index (χ3n) is 2.01. The van der Waals surface area contributed by atoms with Gasteiger partial charge in [-0.3, -0.25) is 9.35 Å². The van der Waals surface area contributed by atoms with Crippen molar-refractivity contribution in [1.82, 2.24) is 0 Å². The zero-order valence-electron chi connectivity index (χ0n) is 8.52. The Bertz CT molecular complexity index is 488. The summed E-state index contributed by atoms with van der Waals surface area (Å²) in [6.07, 6.45) is 0. The van der Waals surface area contributed by atoms with Crippen molar-refractivity contribution in [3.8, 4) is 0 Å². The minimum absolute atomic E-state index is 0.340. The molecule has 1 aromatic rings. The molecule has 1 aromatic carbocycles. The van der Waals surface area contributed by atoms with Crippen molar-refractivity contribution >= 4 is 15.9 Å². The summed E-state index contributed by atoms with van der Waals surface area (Å²) in [5, 5.41) is 0. The molecule has 0 aliphatic heterocycles. The average Bonchev–Trinajstić information content (AvgIpc) is 2.06. The van der Waals surface area contributed by atoms with Crippen LogP contribution in [0.15, 0.2) is 18.2 Å². The van der Waals surface area contributed by atoms with E-state index in [1.807, 2.05) is 13.0 Å². The molecule has 0 aliphatic rings. The molecule has 0 bridgehead atoms. The van der Waals surface area contributed by atoms with Gasteiger partial charge < -0.3 is 0 Å². The highest BCUT2D eigenvalue weighted by Crippen LogP contribution is 2.12. The van der Waals surface area contributed by atoms with Gasteiger partial charge in [-0.1, -0.05) is 17.7 Å². The SMILES string of the molecule is Cc1ccc(C)c(C(=O)CS(=O)(=O)O)c1. The quantitative estimate of drug-likeness (QED) is 0.626. The highest BCUT2D eigenvalue weighted by molar-refractivity contribution is 7.86. The summed E-state index contributed by atoms with van der Waals surface area (Å²) in [5.41, 5.74) is 1.92. The molecule has 0 spiro atoms. The van der Waals surface area contributed by atoms with E-state index < -0.39 is 21.7 Å². The van der Waals surface area contributed by atoms with Gasteiger partial charge in [0, 0.05) is 5.56 Å². The van der Waals surface area contributed by atoms with Gasteiger partial charge in [-0.25, -0.2) is 0 Å². The van der Waals surface area contributed by atoms with Gasteiger partial charge in [-0.2, -0.15) is 8.42 Å². The Labute approximate surface area is 88.7 Å². The van der Waals surface area contributed by atoms with Crippen LogP contribution >= 0.6 is 0 Å². The van der Waals surface area contributed by atoms with Crippen LogP contribution in [-0.4, -0.2) is 24.5 Å². The number of Topliss-reactive ketones (excluding diaryl/α,β-unsaturated/α-hetero) is 1. The molecule has 0 radical (unpaired) electrons. The fourth-order valence-electron chi connectivity index (χ4n) is 1.28. The molecule has 1 rings (SSSR count). The molecule has 5 heteroatoms. The maximum atomic E-state index is 11.5. The number of carbonyl (C=O) groups excluding carboxylic acids is 1. The van der Waals surface area contributed by atoms with Crippen molar-refractivity contribution < 1.29 is 17.8 Å². The fourth-order valence-corrected chi connectivity index (χ4v) is 1.77. The smallest absolute Gasteiger partial charge is 0.272 e. The Morgan fingerprint density at radius 3 is 2.47 bits per heavy atom. The van der Waals surface area contributed by atoms with Gasteiger partial charge in [0.1, 0.15) is 5.75 Å². The van der Waals surface area contributed by atoms with Crippen molar-refractivity contribution in [2.45, 2.75) is 13.8 Å². The van der Waals surface area contributed by atoms with E-state index in [9.17, 15) is 13.2 Å². The predicted molar refractivity (Wildman–Crippen MR) is 56.7 cm³/mol. The van der Waals surface area contributed by atoms with Crippen LogP contribution < -0.4 is 0 Å². The minimum atomic E-state index is -4.25. The number of hydrogen-bond acceptors (Lipinski definition) is 3.